The Morgan fingerprint density at radius 1 is 1.58 bits per heavy atom. The Balaban J connectivity index is 2.36. The third-order valence-corrected chi connectivity index (χ3v) is 7.57. The molecule has 0 spiro atoms. The van der Waals surface area contributed by atoms with Crippen LogP contribution in [0.25, 0.3) is 0 Å². The van der Waals surface area contributed by atoms with Crippen LogP contribution in [-0.2, 0) is 19.6 Å². The quantitative estimate of drug-likeness (QED) is 0.767. The molecule has 19 heavy (non-hydrogen) atoms. The van der Waals surface area contributed by atoms with E-state index in [9.17, 15) is 13.2 Å². The number of thiophene rings is 1. The number of halogens is 1. The van der Waals surface area contributed by atoms with E-state index in [4.69, 9.17) is 0 Å². The number of methoxy groups -OCH3 is 1. The van der Waals surface area contributed by atoms with Crippen LogP contribution < -0.4 is 0 Å². The lowest BCUT2D eigenvalue weighted by molar-refractivity contribution is -0.144. The van der Waals surface area contributed by atoms with E-state index in [0.717, 1.165) is 20.7 Å². The van der Waals surface area contributed by atoms with Gasteiger partial charge in [0.15, 0.2) is 0 Å². The lowest BCUT2D eigenvalue weighted by Crippen LogP contribution is -2.40. The maximum Gasteiger partial charge on any atom is 0.324 e. The van der Waals surface area contributed by atoms with E-state index < -0.39 is 22.0 Å². The van der Waals surface area contributed by atoms with Gasteiger partial charge in [-0.05, 0) is 47.3 Å². The number of rotatable bonds is 3. The van der Waals surface area contributed by atoms with Crippen molar-refractivity contribution in [2.45, 2.75) is 30.0 Å². The zero-order valence-electron chi connectivity index (χ0n) is 10.6. The minimum absolute atomic E-state index is 0.257. The molecule has 1 fully saturated rings. The van der Waals surface area contributed by atoms with Gasteiger partial charge in [0.1, 0.15) is 10.3 Å². The van der Waals surface area contributed by atoms with Gasteiger partial charge < -0.3 is 4.74 Å². The molecule has 0 radical (unpaired) electrons. The molecule has 5 nitrogen and oxygen atoms in total. The summed E-state index contributed by atoms with van der Waals surface area (Å²) >= 11 is 4.48. The summed E-state index contributed by atoms with van der Waals surface area (Å²) in [6, 6.07) is 0.924. The van der Waals surface area contributed by atoms with Crippen LogP contribution in [0.4, 0.5) is 0 Å². The van der Waals surface area contributed by atoms with Crippen molar-refractivity contribution in [3.8, 4) is 0 Å². The van der Waals surface area contributed by atoms with Crippen LogP contribution in [-0.4, -0.2) is 38.4 Å². The van der Waals surface area contributed by atoms with Crippen LogP contribution in [0.5, 0.6) is 0 Å². The van der Waals surface area contributed by atoms with Gasteiger partial charge in [0.05, 0.1) is 10.9 Å². The van der Waals surface area contributed by atoms with E-state index in [2.05, 4.69) is 20.7 Å². The smallest absolute Gasteiger partial charge is 0.324 e. The van der Waals surface area contributed by atoms with E-state index in [1.54, 1.807) is 6.07 Å². The number of hydrogen-bond donors (Lipinski definition) is 0. The molecule has 0 aromatic carbocycles. The van der Waals surface area contributed by atoms with Crippen molar-refractivity contribution < 1.29 is 17.9 Å². The van der Waals surface area contributed by atoms with Gasteiger partial charge in [-0.15, -0.1) is 11.3 Å². The number of hydrogen-bond acceptors (Lipinski definition) is 5. The molecule has 1 unspecified atom stereocenters. The van der Waals surface area contributed by atoms with Gasteiger partial charge in [-0.3, -0.25) is 4.79 Å². The van der Waals surface area contributed by atoms with Crippen LogP contribution in [0.1, 0.15) is 18.4 Å². The standard InChI is InChI=1S/C11H14BrNO4S2/c1-7-6-9(18-10(7)12)19(15,16)13-5-3-4-8(13)11(14)17-2/h6,8H,3-5H2,1-2H3. The van der Waals surface area contributed by atoms with E-state index in [1.807, 2.05) is 6.92 Å². The predicted molar refractivity (Wildman–Crippen MR) is 75.7 cm³/mol. The second-order valence-electron chi connectivity index (χ2n) is 4.32. The molecular weight excluding hydrogens is 354 g/mol. The van der Waals surface area contributed by atoms with Crippen molar-refractivity contribution in [1.82, 2.24) is 4.31 Å². The van der Waals surface area contributed by atoms with Crippen molar-refractivity contribution >= 4 is 43.3 Å². The van der Waals surface area contributed by atoms with Crippen molar-refractivity contribution in [3.05, 3.63) is 15.4 Å². The zero-order chi connectivity index (χ0) is 14.2. The van der Waals surface area contributed by atoms with Crippen molar-refractivity contribution in [3.63, 3.8) is 0 Å². The van der Waals surface area contributed by atoms with Gasteiger partial charge in [-0.25, -0.2) is 8.42 Å². The second-order valence-corrected chi connectivity index (χ2v) is 8.81. The average Bonchev–Trinajstić information content (AvgIpc) is 2.97. The molecule has 2 heterocycles. The molecule has 1 aliphatic heterocycles. The topological polar surface area (TPSA) is 63.7 Å². The summed E-state index contributed by atoms with van der Waals surface area (Å²) in [7, 11) is -2.35. The van der Waals surface area contributed by atoms with Gasteiger partial charge in [0.25, 0.3) is 10.0 Å². The Morgan fingerprint density at radius 3 is 2.79 bits per heavy atom. The molecule has 1 atom stereocenters. The average molecular weight is 368 g/mol. The number of carbonyl (C=O) groups is 1. The minimum atomic E-state index is -3.62. The fourth-order valence-electron chi connectivity index (χ4n) is 2.07. The van der Waals surface area contributed by atoms with Crippen molar-refractivity contribution in [2.24, 2.45) is 0 Å². The van der Waals surface area contributed by atoms with Gasteiger partial charge in [0.2, 0.25) is 0 Å². The van der Waals surface area contributed by atoms with Gasteiger partial charge >= 0.3 is 5.97 Å². The molecule has 0 N–H and O–H groups in total. The van der Waals surface area contributed by atoms with Gasteiger partial charge in [0, 0.05) is 6.54 Å². The summed E-state index contributed by atoms with van der Waals surface area (Å²) in [6.07, 6.45) is 1.18. The molecular formula is C11H14BrNO4S2. The van der Waals surface area contributed by atoms with Crippen LogP contribution >= 0.6 is 27.3 Å². The van der Waals surface area contributed by atoms with E-state index >= 15 is 0 Å². The summed E-state index contributed by atoms with van der Waals surface area (Å²) in [5, 5.41) is 0. The molecule has 0 saturated carbocycles. The Hall–Kier alpha value is -0.440. The third kappa shape index (κ3) is 2.72. The summed E-state index contributed by atoms with van der Waals surface area (Å²) in [5.41, 5.74) is 0.873. The summed E-state index contributed by atoms with van der Waals surface area (Å²) in [5.74, 6) is -0.492. The molecule has 0 amide bonds. The van der Waals surface area contributed by atoms with Crippen LogP contribution in [0.15, 0.2) is 14.1 Å². The second kappa shape index (κ2) is 5.51. The first kappa shape index (κ1) is 15.0. The zero-order valence-corrected chi connectivity index (χ0v) is 13.8. The largest absolute Gasteiger partial charge is 0.468 e. The highest BCUT2D eigenvalue weighted by molar-refractivity contribution is 9.11. The van der Waals surface area contributed by atoms with Crippen LogP contribution in [0, 0.1) is 6.92 Å². The maximum atomic E-state index is 12.5. The highest BCUT2D eigenvalue weighted by Crippen LogP contribution is 2.35. The van der Waals surface area contributed by atoms with Crippen molar-refractivity contribution in [1.29, 1.82) is 0 Å². The minimum Gasteiger partial charge on any atom is -0.468 e. The van der Waals surface area contributed by atoms with Gasteiger partial charge in [-0.2, -0.15) is 4.31 Å². The first-order chi connectivity index (χ1) is 8.87. The lowest BCUT2D eigenvalue weighted by atomic mass is 10.2. The summed E-state index contributed by atoms with van der Waals surface area (Å²) in [4.78, 5) is 11.6. The van der Waals surface area contributed by atoms with E-state index in [1.165, 1.54) is 11.4 Å². The maximum absolute atomic E-state index is 12.5. The Bertz CT molecular complexity index is 576. The molecule has 1 aromatic rings. The van der Waals surface area contributed by atoms with Crippen molar-refractivity contribution in [2.75, 3.05) is 13.7 Å². The number of ether oxygens (including phenoxy) is 1. The highest BCUT2D eigenvalue weighted by Gasteiger charge is 2.40. The molecule has 106 valence electrons. The first-order valence-corrected chi connectivity index (χ1v) is 8.78. The molecule has 2 rings (SSSR count). The van der Waals surface area contributed by atoms with Crippen LogP contribution in [0.2, 0.25) is 0 Å². The summed E-state index contributed by atoms with van der Waals surface area (Å²) < 4.78 is 32.0. The Labute approximate surface area is 124 Å². The monoisotopic (exact) mass is 367 g/mol. The number of carbonyl (C=O) groups excluding carboxylic acids is 1. The fourth-order valence-corrected chi connectivity index (χ4v) is 6.08. The molecule has 0 aliphatic carbocycles. The highest BCUT2D eigenvalue weighted by atomic mass is 79.9. The Kier molecular flexibility index (Phi) is 4.34. The summed E-state index contributed by atoms with van der Waals surface area (Å²) in [6.45, 7) is 2.19. The fraction of sp³-hybridized carbons (Fsp3) is 0.545. The molecule has 8 heteroatoms. The van der Waals surface area contributed by atoms with E-state index in [-0.39, 0.29) is 4.21 Å². The molecule has 0 bridgehead atoms. The molecule has 1 saturated heterocycles. The number of aryl methyl sites for hydroxylation is 1. The first-order valence-electron chi connectivity index (χ1n) is 5.73. The SMILES string of the molecule is COC(=O)C1CCCN1S(=O)(=O)c1cc(C)c(Br)s1. The number of sulfonamides is 1. The number of nitrogens with zero attached hydrogens (tertiary/aromatic N) is 1. The number of esters is 1. The molecule has 1 aromatic heterocycles. The van der Waals surface area contributed by atoms with Crippen LogP contribution in [0.3, 0.4) is 0 Å². The van der Waals surface area contributed by atoms with Gasteiger partial charge in [-0.1, -0.05) is 0 Å². The van der Waals surface area contributed by atoms with E-state index in [0.29, 0.717) is 19.4 Å². The normalized spacial score (nSPS) is 20.7. The predicted octanol–water partition coefficient (Wildman–Crippen LogP) is 2.15. The molecule has 1 aliphatic rings. The Morgan fingerprint density at radius 2 is 2.26 bits per heavy atom. The lowest BCUT2D eigenvalue weighted by Gasteiger charge is -2.21. The third-order valence-electron chi connectivity index (χ3n) is 3.07.